The van der Waals surface area contributed by atoms with Crippen molar-refractivity contribution in [2.75, 3.05) is 6.54 Å². The molecule has 0 unspecified atom stereocenters. The van der Waals surface area contributed by atoms with Crippen LogP contribution in [0.4, 0.5) is 0 Å². The molecule has 0 bridgehead atoms. The molecule has 5 heteroatoms. The molecule has 100 valence electrons. The summed E-state index contributed by atoms with van der Waals surface area (Å²) in [5.74, 6) is 1.13. The van der Waals surface area contributed by atoms with E-state index in [0.717, 1.165) is 35.8 Å². The number of imidazole rings is 1. The Bertz CT molecular complexity index is 561. The highest BCUT2D eigenvalue weighted by Crippen LogP contribution is 2.30. The zero-order chi connectivity index (χ0) is 13.2. The second kappa shape index (κ2) is 5.17. The summed E-state index contributed by atoms with van der Waals surface area (Å²) in [5.41, 5.74) is 1.05. The largest absolute Gasteiger partial charge is 0.344 e. The first-order valence-corrected chi connectivity index (χ1v) is 7.45. The average Bonchev–Trinajstić information content (AvgIpc) is 3.07. The van der Waals surface area contributed by atoms with Crippen LogP contribution in [0.15, 0.2) is 23.7 Å². The molecule has 1 amide bonds. The third kappa shape index (κ3) is 2.56. The number of nitrogens with one attached hydrogen (secondary N) is 1. The Morgan fingerprint density at radius 2 is 2.53 bits per heavy atom. The van der Waals surface area contributed by atoms with Crippen LogP contribution in [0.3, 0.4) is 0 Å². The lowest BCUT2D eigenvalue weighted by Gasteiger charge is -2.23. The highest BCUT2D eigenvalue weighted by atomic mass is 32.1. The predicted octanol–water partition coefficient (Wildman–Crippen LogP) is 2.69. The van der Waals surface area contributed by atoms with Gasteiger partial charge in [0, 0.05) is 23.3 Å². The SMILES string of the molecule is Cc1cnc([C@H]2CCCN2C(=O)Cc2cccs2)[nH]1. The van der Waals surface area contributed by atoms with E-state index in [0.29, 0.717) is 6.42 Å². The molecular formula is C14H17N3OS. The second-order valence-corrected chi connectivity index (χ2v) is 5.98. The summed E-state index contributed by atoms with van der Waals surface area (Å²) in [6.07, 6.45) is 4.40. The zero-order valence-corrected chi connectivity index (χ0v) is 11.7. The molecule has 1 fully saturated rings. The van der Waals surface area contributed by atoms with Gasteiger partial charge in [-0.3, -0.25) is 4.79 Å². The molecule has 2 aromatic heterocycles. The number of carbonyl (C=O) groups excluding carboxylic acids is 1. The summed E-state index contributed by atoms with van der Waals surface area (Å²) < 4.78 is 0. The van der Waals surface area contributed by atoms with Gasteiger partial charge in [0.25, 0.3) is 0 Å². The van der Waals surface area contributed by atoms with E-state index in [2.05, 4.69) is 9.97 Å². The second-order valence-electron chi connectivity index (χ2n) is 4.95. The molecule has 3 heterocycles. The molecule has 4 nitrogen and oxygen atoms in total. The van der Waals surface area contributed by atoms with Crippen LogP contribution in [0.2, 0.25) is 0 Å². The minimum atomic E-state index is 0.126. The van der Waals surface area contributed by atoms with E-state index in [9.17, 15) is 4.79 Å². The standard InChI is InChI=1S/C14H17N3OS/c1-10-9-15-14(16-10)12-5-2-6-17(12)13(18)8-11-4-3-7-19-11/h3-4,7,9,12H,2,5-6,8H2,1H3,(H,15,16)/t12-/m1/s1. The van der Waals surface area contributed by atoms with E-state index < -0.39 is 0 Å². The lowest BCUT2D eigenvalue weighted by atomic mass is 10.2. The minimum Gasteiger partial charge on any atom is -0.344 e. The van der Waals surface area contributed by atoms with Crippen LogP contribution in [0.1, 0.15) is 35.3 Å². The van der Waals surface area contributed by atoms with Crippen LogP contribution >= 0.6 is 11.3 Å². The Balaban J connectivity index is 1.74. The average molecular weight is 275 g/mol. The van der Waals surface area contributed by atoms with E-state index in [-0.39, 0.29) is 11.9 Å². The van der Waals surface area contributed by atoms with Crippen molar-refractivity contribution in [2.45, 2.75) is 32.2 Å². The van der Waals surface area contributed by atoms with Crippen molar-refractivity contribution in [3.63, 3.8) is 0 Å². The number of likely N-dealkylation sites (tertiary alicyclic amines) is 1. The van der Waals surface area contributed by atoms with Gasteiger partial charge in [0.2, 0.25) is 5.91 Å². The summed E-state index contributed by atoms with van der Waals surface area (Å²) in [4.78, 5) is 23.1. The monoisotopic (exact) mass is 275 g/mol. The van der Waals surface area contributed by atoms with Crippen molar-refractivity contribution >= 4 is 17.2 Å². The molecule has 1 aliphatic heterocycles. The fourth-order valence-corrected chi connectivity index (χ4v) is 3.31. The topological polar surface area (TPSA) is 49.0 Å². The number of H-pyrrole nitrogens is 1. The quantitative estimate of drug-likeness (QED) is 0.936. The maximum Gasteiger partial charge on any atom is 0.228 e. The van der Waals surface area contributed by atoms with Gasteiger partial charge in [-0.1, -0.05) is 6.07 Å². The number of aromatic nitrogens is 2. The van der Waals surface area contributed by atoms with Crippen LogP contribution in [0, 0.1) is 6.92 Å². The van der Waals surface area contributed by atoms with Gasteiger partial charge in [-0.15, -0.1) is 11.3 Å². The maximum atomic E-state index is 12.4. The zero-order valence-electron chi connectivity index (χ0n) is 10.9. The Morgan fingerprint density at radius 3 is 3.21 bits per heavy atom. The van der Waals surface area contributed by atoms with Crippen molar-refractivity contribution in [1.29, 1.82) is 0 Å². The van der Waals surface area contributed by atoms with Crippen molar-refractivity contribution in [2.24, 2.45) is 0 Å². The molecule has 0 aromatic carbocycles. The van der Waals surface area contributed by atoms with E-state index >= 15 is 0 Å². The number of hydrogen-bond donors (Lipinski definition) is 1. The number of aryl methyl sites for hydroxylation is 1. The van der Waals surface area contributed by atoms with E-state index in [1.807, 2.05) is 35.5 Å². The molecule has 1 N–H and O–H groups in total. The van der Waals surface area contributed by atoms with Gasteiger partial charge in [-0.25, -0.2) is 4.98 Å². The predicted molar refractivity (Wildman–Crippen MR) is 75.0 cm³/mol. The molecule has 0 spiro atoms. The van der Waals surface area contributed by atoms with Gasteiger partial charge < -0.3 is 9.88 Å². The minimum absolute atomic E-state index is 0.126. The van der Waals surface area contributed by atoms with Gasteiger partial charge in [-0.05, 0) is 31.2 Å². The van der Waals surface area contributed by atoms with Crippen molar-refractivity contribution in [3.05, 3.63) is 40.1 Å². The van der Waals surface area contributed by atoms with Gasteiger partial charge in [0.15, 0.2) is 0 Å². The molecule has 3 rings (SSSR count). The summed E-state index contributed by atoms with van der Waals surface area (Å²) in [7, 11) is 0. The molecule has 2 aromatic rings. The van der Waals surface area contributed by atoms with Crippen LogP contribution in [0.5, 0.6) is 0 Å². The molecule has 0 saturated carbocycles. The summed E-state index contributed by atoms with van der Waals surface area (Å²) in [6.45, 7) is 2.83. The Kier molecular flexibility index (Phi) is 3.38. The maximum absolute atomic E-state index is 12.4. The molecular weight excluding hydrogens is 258 g/mol. The van der Waals surface area contributed by atoms with Gasteiger partial charge in [0.05, 0.1) is 12.5 Å². The van der Waals surface area contributed by atoms with Crippen molar-refractivity contribution < 1.29 is 4.79 Å². The number of aromatic amines is 1. The van der Waals surface area contributed by atoms with Crippen LogP contribution in [-0.2, 0) is 11.2 Å². The summed E-state index contributed by atoms with van der Waals surface area (Å²) >= 11 is 1.64. The first kappa shape index (κ1) is 12.4. The molecule has 1 saturated heterocycles. The smallest absolute Gasteiger partial charge is 0.228 e. The summed E-state index contributed by atoms with van der Waals surface area (Å²) in [6, 6.07) is 4.14. The van der Waals surface area contributed by atoms with Gasteiger partial charge in [-0.2, -0.15) is 0 Å². The van der Waals surface area contributed by atoms with Gasteiger partial charge in [0.1, 0.15) is 5.82 Å². The number of carbonyl (C=O) groups is 1. The van der Waals surface area contributed by atoms with Crippen molar-refractivity contribution in [3.8, 4) is 0 Å². The van der Waals surface area contributed by atoms with E-state index in [1.54, 1.807) is 11.3 Å². The Morgan fingerprint density at radius 1 is 1.63 bits per heavy atom. The lowest BCUT2D eigenvalue weighted by Crippen LogP contribution is -2.32. The number of rotatable bonds is 3. The number of nitrogens with zero attached hydrogens (tertiary/aromatic N) is 2. The third-order valence-electron chi connectivity index (χ3n) is 3.52. The van der Waals surface area contributed by atoms with Crippen molar-refractivity contribution in [1.82, 2.24) is 14.9 Å². The summed E-state index contributed by atoms with van der Waals surface area (Å²) in [5, 5.41) is 2.01. The Hall–Kier alpha value is -1.62. The first-order chi connectivity index (χ1) is 9.24. The molecule has 1 atom stereocenters. The molecule has 0 aliphatic carbocycles. The normalized spacial score (nSPS) is 19.0. The molecule has 19 heavy (non-hydrogen) atoms. The molecule has 1 aliphatic rings. The van der Waals surface area contributed by atoms with Crippen LogP contribution < -0.4 is 0 Å². The highest BCUT2D eigenvalue weighted by Gasteiger charge is 2.31. The fraction of sp³-hybridized carbons (Fsp3) is 0.429. The third-order valence-corrected chi connectivity index (χ3v) is 4.39. The number of amides is 1. The van der Waals surface area contributed by atoms with Gasteiger partial charge >= 0.3 is 0 Å². The fourth-order valence-electron chi connectivity index (χ4n) is 2.62. The number of thiophene rings is 1. The van der Waals surface area contributed by atoms with Crippen LogP contribution in [-0.4, -0.2) is 27.3 Å². The Labute approximate surface area is 116 Å². The van der Waals surface area contributed by atoms with Crippen LogP contribution in [0.25, 0.3) is 0 Å². The first-order valence-electron chi connectivity index (χ1n) is 6.57. The van der Waals surface area contributed by atoms with E-state index in [1.165, 1.54) is 0 Å². The number of hydrogen-bond acceptors (Lipinski definition) is 3. The highest BCUT2D eigenvalue weighted by molar-refractivity contribution is 7.10. The lowest BCUT2D eigenvalue weighted by molar-refractivity contribution is -0.131. The van der Waals surface area contributed by atoms with E-state index in [4.69, 9.17) is 0 Å². The molecule has 0 radical (unpaired) electrons.